The summed E-state index contributed by atoms with van der Waals surface area (Å²) < 4.78 is 46.1. The molecule has 0 bridgehead atoms. The number of benzene rings is 2. The van der Waals surface area contributed by atoms with Gasteiger partial charge in [0.05, 0.1) is 0 Å². The average molecular weight is 579 g/mol. The largest absolute Gasteiger partial charge is 0.490 e. The lowest BCUT2D eigenvalue weighted by Crippen LogP contribution is -2.49. The zero-order valence-corrected chi connectivity index (χ0v) is 21.8. The summed E-state index contributed by atoms with van der Waals surface area (Å²) in [6, 6.07) is 7.42. The number of carbonyl (C=O) groups excluding carboxylic acids is 1. The van der Waals surface area contributed by atoms with E-state index in [1.165, 1.54) is 12.1 Å². The van der Waals surface area contributed by atoms with Crippen LogP contribution in [-0.4, -0.2) is 46.3 Å². The first-order valence-corrected chi connectivity index (χ1v) is 12.0. The maximum absolute atomic E-state index is 14.3. The molecule has 2 aliphatic heterocycles. The third-order valence-electron chi connectivity index (χ3n) is 6.37. The van der Waals surface area contributed by atoms with Crippen molar-refractivity contribution < 1.29 is 42.2 Å². The number of aliphatic carboxylic acids is 2. The SMILES string of the molecule is CC(C)(C)C[C@@H]1N[C@@H](C(=O)O)[C@@H](c2cc(F)cc(Cl)c2)[C@]12C(=O)Nc1cc(Cl)ccc12.O=C(O)C(F)(F)F. The zero-order valence-electron chi connectivity index (χ0n) is 20.3. The van der Waals surface area contributed by atoms with Crippen molar-refractivity contribution in [3.05, 3.63) is 63.4 Å². The van der Waals surface area contributed by atoms with Gasteiger partial charge in [-0.15, -0.1) is 0 Å². The van der Waals surface area contributed by atoms with E-state index in [0.29, 0.717) is 28.3 Å². The minimum atomic E-state index is -5.08. The molecule has 2 heterocycles. The molecule has 0 radical (unpaired) electrons. The number of carbonyl (C=O) groups is 3. The van der Waals surface area contributed by atoms with E-state index in [9.17, 15) is 32.3 Å². The second kappa shape index (κ2) is 10.3. The molecule has 2 aromatic carbocycles. The molecule has 2 aliphatic rings. The van der Waals surface area contributed by atoms with Crippen LogP contribution in [0.15, 0.2) is 36.4 Å². The third-order valence-corrected chi connectivity index (χ3v) is 6.83. The Morgan fingerprint density at radius 1 is 1.03 bits per heavy atom. The van der Waals surface area contributed by atoms with Crippen LogP contribution >= 0.6 is 23.2 Å². The Morgan fingerprint density at radius 3 is 2.13 bits per heavy atom. The summed E-state index contributed by atoms with van der Waals surface area (Å²) in [6.07, 6.45) is -4.56. The standard InChI is InChI=1S/C23H23Cl2FN2O3.C2HF3O2/c1-22(2,3)10-17-23(15-5-4-12(24)9-16(15)27-21(23)31)18(19(28-17)20(29)30)11-6-13(25)8-14(26)7-11;3-2(4,5)1(6)7/h4-9,17-19,28H,10H2,1-3H3,(H,27,31)(H,29,30);(H,6,7)/t17-,18+,19+,23+;/m0./s1. The minimum absolute atomic E-state index is 0.142. The monoisotopic (exact) mass is 578 g/mol. The van der Waals surface area contributed by atoms with E-state index in [2.05, 4.69) is 10.6 Å². The predicted octanol–water partition coefficient (Wildman–Crippen LogP) is 5.60. The normalized spacial score (nSPS) is 24.4. The van der Waals surface area contributed by atoms with Crippen molar-refractivity contribution in [2.24, 2.45) is 5.41 Å². The molecule has 4 rings (SSSR count). The molecule has 0 saturated carbocycles. The van der Waals surface area contributed by atoms with Crippen LogP contribution in [0.4, 0.5) is 23.2 Å². The van der Waals surface area contributed by atoms with Crippen molar-refractivity contribution in [1.29, 1.82) is 0 Å². The fourth-order valence-electron chi connectivity index (χ4n) is 5.16. The summed E-state index contributed by atoms with van der Waals surface area (Å²) in [5.74, 6) is -5.67. The van der Waals surface area contributed by atoms with Crippen LogP contribution < -0.4 is 10.6 Å². The number of carboxylic acid groups (broad SMARTS) is 2. The number of halogens is 6. The van der Waals surface area contributed by atoms with Gasteiger partial charge >= 0.3 is 18.1 Å². The lowest BCUT2D eigenvalue weighted by atomic mass is 9.62. The molecule has 1 saturated heterocycles. The Bertz CT molecular complexity index is 1260. The Morgan fingerprint density at radius 2 is 1.63 bits per heavy atom. The highest BCUT2D eigenvalue weighted by Crippen LogP contribution is 2.56. The van der Waals surface area contributed by atoms with E-state index in [0.717, 1.165) is 6.07 Å². The summed E-state index contributed by atoms with van der Waals surface area (Å²) in [7, 11) is 0. The molecule has 13 heteroatoms. The van der Waals surface area contributed by atoms with Gasteiger partial charge < -0.3 is 15.5 Å². The Labute approximate surface area is 225 Å². The topological polar surface area (TPSA) is 116 Å². The molecule has 0 aromatic heterocycles. The van der Waals surface area contributed by atoms with Gasteiger partial charge in [0, 0.05) is 27.7 Å². The number of rotatable bonds is 3. The van der Waals surface area contributed by atoms with E-state index < -0.39 is 47.3 Å². The molecule has 1 fully saturated rings. The van der Waals surface area contributed by atoms with Gasteiger partial charge in [0.1, 0.15) is 17.3 Å². The first-order chi connectivity index (χ1) is 17.4. The van der Waals surface area contributed by atoms with Gasteiger partial charge in [0.15, 0.2) is 0 Å². The van der Waals surface area contributed by atoms with Gasteiger partial charge in [-0.05, 0) is 53.3 Å². The number of anilines is 1. The van der Waals surface area contributed by atoms with E-state index in [1.54, 1.807) is 18.2 Å². The van der Waals surface area contributed by atoms with Crippen molar-refractivity contribution in [2.75, 3.05) is 5.32 Å². The maximum atomic E-state index is 14.3. The van der Waals surface area contributed by atoms with Gasteiger partial charge in [-0.1, -0.05) is 50.0 Å². The van der Waals surface area contributed by atoms with E-state index in [1.807, 2.05) is 20.8 Å². The van der Waals surface area contributed by atoms with Gasteiger partial charge in [0.2, 0.25) is 5.91 Å². The van der Waals surface area contributed by atoms with Crippen LogP contribution in [0.1, 0.15) is 44.2 Å². The summed E-state index contributed by atoms with van der Waals surface area (Å²) in [6.45, 7) is 6.08. The summed E-state index contributed by atoms with van der Waals surface area (Å²) in [4.78, 5) is 34.9. The van der Waals surface area contributed by atoms with Crippen LogP contribution in [0.2, 0.25) is 10.0 Å². The fraction of sp³-hybridized carbons (Fsp3) is 0.400. The van der Waals surface area contributed by atoms with E-state index in [-0.39, 0.29) is 16.3 Å². The van der Waals surface area contributed by atoms with Crippen LogP contribution in [-0.2, 0) is 19.8 Å². The highest BCUT2D eigenvalue weighted by Gasteiger charge is 2.66. The second-order valence-corrected chi connectivity index (χ2v) is 11.2. The van der Waals surface area contributed by atoms with Crippen molar-refractivity contribution in [3.63, 3.8) is 0 Å². The molecule has 4 N–H and O–H groups in total. The number of hydrogen-bond acceptors (Lipinski definition) is 4. The molecule has 4 atom stereocenters. The van der Waals surface area contributed by atoms with Crippen LogP contribution in [0.3, 0.4) is 0 Å². The van der Waals surface area contributed by atoms with Crippen LogP contribution in [0.25, 0.3) is 0 Å². The molecular formula is C25H24Cl2F4N2O5. The van der Waals surface area contributed by atoms with E-state index in [4.69, 9.17) is 33.1 Å². The van der Waals surface area contributed by atoms with Crippen molar-refractivity contribution in [2.45, 2.75) is 56.8 Å². The van der Waals surface area contributed by atoms with Gasteiger partial charge in [0.25, 0.3) is 0 Å². The van der Waals surface area contributed by atoms with Crippen LogP contribution in [0, 0.1) is 11.2 Å². The van der Waals surface area contributed by atoms with Crippen molar-refractivity contribution in [1.82, 2.24) is 5.32 Å². The molecule has 0 unspecified atom stereocenters. The number of nitrogens with one attached hydrogen (secondary N) is 2. The maximum Gasteiger partial charge on any atom is 0.490 e. The van der Waals surface area contributed by atoms with Gasteiger partial charge in [-0.2, -0.15) is 13.2 Å². The number of carboxylic acids is 2. The first-order valence-electron chi connectivity index (χ1n) is 11.2. The number of amides is 1. The van der Waals surface area contributed by atoms with Gasteiger partial charge in [-0.25, -0.2) is 9.18 Å². The molecule has 7 nitrogen and oxygen atoms in total. The number of fused-ring (bicyclic) bond motifs is 2. The molecule has 2 aromatic rings. The Kier molecular flexibility index (Phi) is 8.08. The zero-order chi connectivity index (χ0) is 28.8. The highest BCUT2D eigenvalue weighted by molar-refractivity contribution is 6.31. The molecule has 1 spiro atoms. The second-order valence-electron chi connectivity index (χ2n) is 10.3. The average Bonchev–Trinajstić information content (AvgIpc) is 3.21. The highest BCUT2D eigenvalue weighted by atomic mass is 35.5. The number of alkyl halides is 3. The minimum Gasteiger partial charge on any atom is -0.480 e. The lowest BCUT2D eigenvalue weighted by Gasteiger charge is -2.37. The predicted molar refractivity (Wildman–Crippen MR) is 132 cm³/mol. The van der Waals surface area contributed by atoms with Crippen LogP contribution in [0.5, 0.6) is 0 Å². The molecule has 1 amide bonds. The van der Waals surface area contributed by atoms with Gasteiger partial charge in [-0.3, -0.25) is 14.9 Å². The molecule has 206 valence electrons. The van der Waals surface area contributed by atoms with Crippen molar-refractivity contribution in [3.8, 4) is 0 Å². The molecule has 0 aliphatic carbocycles. The Balaban J connectivity index is 0.000000505. The van der Waals surface area contributed by atoms with E-state index >= 15 is 0 Å². The smallest absolute Gasteiger partial charge is 0.480 e. The summed E-state index contributed by atoms with van der Waals surface area (Å²) in [5.41, 5.74) is 0.0687. The lowest BCUT2D eigenvalue weighted by molar-refractivity contribution is -0.192. The molecule has 38 heavy (non-hydrogen) atoms. The van der Waals surface area contributed by atoms with Crippen molar-refractivity contribution >= 4 is 46.7 Å². The third kappa shape index (κ3) is 5.74. The quantitative estimate of drug-likeness (QED) is 0.352. The number of hydrogen-bond donors (Lipinski definition) is 4. The molecular weight excluding hydrogens is 555 g/mol. The fourth-order valence-corrected chi connectivity index (χ4v) is 5.57. The Hall–Kier alpha value is -2.89. The summed E-state index contributed by atoms with van der Waals surface area (Å²) >= 11 is 12.3. The summed E-state index contributed by atoms with van der Waals surface area (Å²) in [5, 5.41) is 23.9. The first kappa shape index (κ1) is 29.7.